The summed E-state index contributed by atoms with van der Waals surface area (Å²) in [5.41, 5.74) is 0. The van der Waals surface area contributed by atoms with E-state index in [2.05, 4.69) is 4.98 Å². The van der Waals surface area contributed by atoms with Gasteiger partial charge in [-0.25, -0.2) is 0 Å². The molecule has 0 bridgehead atoms. The van der Waals surface area contributed by atoms with E-state index in [1.165, 1.54) is 14.2 Å². The van der Waals surface area contributed by atoms with Crippen molar-refractivity contribution < 1.29 is 13.9 Å². The molecule has 0 N–H and O–H groups in total. The second kappa shape index (κ2) is 3.98. The fourth-order valence-electron chi connectivity index (χ4n) is 0.789. The Labute approximate surface area is 84.4 Å². The quantitative estimate of drug-likeness (QED) is 0.726. The molecule has 1 rings (SSSR count). The number of hydrogen-bond donors (Lipinski definition) is 0. The van der Waals surface area contributed by atoms with Crippen LogP contribution in [-0.4, -0.2) is 19.2 Å². The summed E-state index contributed by atoms with van der Waals surface area (Å²) in [6.45, 7) is 0. The van der Waals surface area contributed by atoms with Crippen LogP contribution in [0.15, 0.2) is 0 Å². The first-order chi connectivity index (χ1) is 6.11. The van der Waals surface area contributed by atoms with Crippen LogP contribution in [-0.2, 0) is 0 Å². The molecule has 1 aromatic heterocycles. The van der Waals surface area contributed by atoms with Crippen molar-refractivity contribution in [2.75, 3.05) is 14.2 Å². The molecule has 1 aromatic rings. The van der Waals surface area contributed by atoms with Crippen LogP contribution in [0.2, 0.25) is 10.0 Å². The van der Waals surface area contributed by atoms with E-state index in [0.717, 1.165) is 0 Å². The van der Waals surface area contributed by atoms with E-state index in [-0.39, 0.29) is 21.7 Å². The number of ether oxygens (including phenoxy) is 2. The lowest BCUT2D eigenvalue weighted by atomic mass is 10.4. The number of methoxy groups -OCH3 is 2. The summed E-state index contributed by atoms with van der Waals surface area (Å²) in [5.74, 6) is -0.909. The Bertz CT molecular complexity index is 333. The van der Waals surface area contributed by atoms with Crippen molar-refractivity contribution >= 4 is 23.2 Å². The van der Waals surface area contributed by atoms with Gasteiger partial charge in [0.2, 0.25) is 11.8 Å². The van der Waals surface area contributed by atoms with Crippen molar-refractivity contribution in [2.45, 2.75) is 0 Å². The fraction of sp³-hybridized carbons (Fsp3) is 0.286. The van der Waals surface area contributed by atoms with Crippen LogP contribution in [0.5, 0.6) is 11.6 Å². The summed E-state index contributed by atoms with van der Waals surface area (Å²) >= 11 is 11.2. The Hall–Kier alpha value is -0.740. The first-order valence-electron chi connectivity index (χ1n) is 3.24. The molecule has 0 spiro atoms. The summed E-state index contributed by atoms with van der Waals surface area (Å²) in [6, 6.07) is 0. The predicted octanol–water partition coefficient (Wildman–Crippen LogP) is 2.54. The van der Waals surface area contributed by atoms with Gasteiger partial charge >= 0.3 is 0 Å². The molecule has 0 fully saturated rings. The van der Waals surface area contributed by atoms with Crippen molar-refractivity contribution in [2.24, 2.45) is 0 Å². The SMILES string of the molecule is COc1nc(F)c(Cl)c(OC)c1Cl. The number of rotatable bonds is 2. The minimum atomic E-state index is -0.875. The highest BCUT2D eigenvalue weighted by molar-refractivity contribution is 6.37. The van der Waals surface area contributed by atoms with Gasteiger partial charge in [-0.15, -0.1) is 0 Å². The molecule has 0 unspecified atom stereocenters. The van der Waals surface area contributed by atoms with Crippen LogP contribution in [0.3, 0.4) is 0 Å². The van der Waals surface area contributed by atoms with Crippen LogP contribution in [0.1, 0.15) is 0 Å². The van der Waals surface area contributed by atoms with E-state index in [9.17, 15) is 4.39 Å². The van der Waals surface area contributed by atoms with E-state index >= 15 is 0 Å². The minimum absolute atomic E-state index is 0.0210. The zero-order chi connectivity index (χ0) is 10.0. The molecule has 0 amide bonds. The predicted molar refractivity (Wildman–Crippen MR) is 47.3 cm³/mol. The van der Waals surface area contributed by atoms with Crippen LogP contribution in [0, 0.1) is 5.95 Å². The maximum atomic E-state index is 12.9. The molecule has 0 aromatic carbocycles. The smallest absolute Gasteiger partial charge is 0.238 e. The van der Waals surface area contributed by atoms with Gasteiger partial charge < -0.3 is 9.47 Å². The largest absolute Gasteiger partial charge is 0.493 e. The van der Waals surface area contributed by atoms with Crippen LogP contribution in [0.25, 0.3) is 0 Å². The van der Waals surface area contributed by atoms with Gasteiger partial charge in [0, 0.05) is 0 Å². The Kier molecular flexibility index (Phi) is 3.17. The molecule has 72 valence electrons. The third-order valence-electron chi connectivity index (χ3n) is 1.36. The second-order valence-corrected chi connectivity index (χ2v) is 2.83. The number of pyridine rings is 1. The van der Waals surface area contributed by atoms with Crippen LogP contribution in [0.4, 0.5) is 4.39 Å². The van der Waals surface area contributed by atoms with E-state index in [4.69, 9.17) is 32.7 Å². The molecule has 0 saturated heterocycles. The number of aromatic nitrogens is 1. The molecule has 0 atom stereocenters. The lowest BCUT2D eigenvalue weighted by Crippen LogP contribution is -1.97. The topological polar surface area (TPSA) is 31.4 Å². The normalized spacial score (nSPS) is 9.92. The first-order valence-corrected chi connectivity index (χ1v) is 3.99. The number of nitrogens with zero attached hydrogens (tertiary/aromatic N) is 1. The van der Waals surface area contributed by atoms with E-state index in [0.29, 0.717) is 0 Å². The number of hydrogen-bond acceptors (Lipinski definition) is 3. The minimum Gasteiger partial charge on any atom is -0.493 e. The summed E-state index contributed by atoms with van der Waals surface area (Å²) < 4.78 is 22.4. The maximum absolute atomic E-state index is 12.9. The molecule has 1 heterocycles. The molecule has 6 heteroatoms. The zero-order valence-electron chi connectivity index (χ0n) is 6.90. The fourth-order valence-corrected chi connectivity index (χ4v) is 1.34. The summed E-state index contributed by atoms with van der Waals surface area (Å²) in [6.07, 6.45) is 0. The highest BCUT2D eigenvalue weighted by Gasteiger charge is 2.18. The molecule has 13 heavy (non-hydrogen) atoms. The van der Waals surface area contributed by atoms with Crippen molar-refractivity contribution in [3.05, 3.63) is 16.0 Å². The third kappa shape index (κ3) is 1.78. The van der Waals surface area contributed by atoms with Gasteiger partial charge in [-0.2, -0.15) is 9.37 Å². The van der Waals surface area contributed by atoms with Gasteiger partial charge in [0.25, 0.3) is 0 Å². The average molecular weight is 226 g/mol. The van der Waals surface area contributed by atoms with E-state index in [1.54, 1.807) is 0 Å². The third-order valence-corrected chi connectivity index (χ3v) is 2.03. The van der Waals surface area contributed by atoms with Crippen LogP contribution >= 0.6 is 23.2 Å². The summed E-state index contributed by atoms with van der Waals surface area (Å²) in [7, 11) is 2.65. The zero-order valence-corrected chi connectivity index (χ0v) is 8.41. The van der Waals surface area contributed by atoms with Crippen molar-refractivity contribution in [1.29, 1.82) is 0 Å². The van der Waals surface area contributed by atoms with Gasteiger partial charge in [0.05, 0.1) is 14.2 Å². The second-order valence-electron chi connectivity index (χ2n) is 2.07. The van der Waals surface area contributed by atoms with Crippen molar-refractivity contribution in [1.82, 2.24) is 4.98 Å². The Morgan fingerprint density at radius 3 is 2.23 bits per heavy atom. The average Bonchev–Trinajstić information content (AvgIpc) is 2.12. The van der Waals surface area contributed by atoms with Crippen LogP contribution < -0.4 is 9.47 Å². The molecule has 0 aliphatic rings. The standard InChI is InChI=1S/C7H6Cl2FNO2/c1-12-5-3(8)6(10)11-7(13-2)4(5)9/h1-2H3. The lowest BCUT2D eigenvalue weighted by Gasteiger charge is -2.08. The molecule has 0 aliphatic heterocycles. The van der Waals surface area contributed by atoms with Gasteiger partial charge in [-0.05, 0) is 0 Å². The number of halogens is 3. The first kappa shape index (κ1) is 10.3. The molecular formula is C7H6Cl2FNO2. The highest BCUT2D eigenvalue weighted by atomic mass is 35.5. The summed E-state index contributed by atoms with van der Waals surface area (Å²) in [5, 5.41) is -0.204. The monoisotopic (exact) mass is 225 g/mol. The van der Waals surface area contributed by atoms with Gasteiger partial charge in [0.1, 0.15) is 10.0 Å². The Morgan fingerprint density at radius 1 is 1.15 bits per heavy atom. The van der Waals surface area contributed by atoms with Gasteiger partial charge in [-0.1, -0.05) is 23.2 Å². The highest BCUT2D eigenvalue weighted by Crippen LogP contribution is 2.38. The van der Waals surface area contributed by atoms with Gasteiger partial charge in [0.15, 0.2) is 5.75 Å². The van der Waals surface area contributed by atoms with Crippen molar-refractivity contribution in [3.8, 4) is 11.6 Å². The Morgan fingerprint density at radius 2 is 1.77 bits per heavy atom. The summed E-state index contributed by atoms with van der Waals surface area (Å²) in [4.78, 5) is 3.37. The molecule has 3 nitrogen and oxygen atoms in total. The van der Waals surface area contributed by atoms with E-state index in [1.807, 2.05) is 0 Å². The van der Waals surface area contributed by atoms with E-state index < -0.39 is 5.95 Å². The Balaban J connectivity index is 3.39. The molecule has 0 saturated carbocycles. The van der Waals surface area contributed by atoms with Gasteiger partial charge in [-0.3, -0.25) is 0 Å². The molecule has 0 radical (unpaired) electrons. The molecular weight excluding hydrogens is 220 g/mol. The lowest BCUT2D eigenvalue weighted by molar-refractivity contribution is 0.371. The maximum Gasteiger partial charge on any atom is 0.238 e. The molecule has 0 aliphatic carbocycles. The van der Waals surface area contributed by atoms with Crippen molar-refractivity contribution in [3.63, 3.8) is 0 Å².